The van der Waals surface area contributed by atoms with Gasteiger partial charge in [0.25, 0.3) is 0 Å². The number of benzene rings is 2. The minimum atomic E-state index is -0.466. The van der Waals surface area contributed by atoms with Crippen LogP contribution in [0.3, 0.4) is 0 Å². The Morgan fingerprint density at radius 3 is 2.63 bits per heavy atom. The number of nitrogens with zero attached hydrogens (tertiary/aromatic N) is 3. The Morgan fingerprint density at radius 1 is 1.15 bits per heavy atom. The molecule has 0 radical (unpaired) electrons. The Kier molecular flexibility index (Phi) is 4.59. The van der Waals surface area contributed by atoms with E-state index in [0.717, 1.165) is 0 Å². The molecule has 0 spiro atoms. The normalized spacial score (nSPS) is 11.1. The number of ether oxygens (including phenoxy) is 1. The Morgan fingerprint density at radius 2 is 1.93 bits per heavy atom. The monoisotopic (exact) mass is 401 g/mol. The van der Waals surface area contributed by atoms with E-state index in [-0.39, 0.29) is 6.61 Å². The Bertz CT molecular complexity index is 1130. The minimum Gasteiger partial charge on any atom is -0.456 e. The highest BCUT2D eigenvalue weighted by molar-refractivity contribution is 6.35. The summed E-state index contributed by atoms with van der Waals surface area (Å²) < 4.78 is 12.7. The molecule has 0 unspecified atom stereocenters. The number of rotatable bonds is 4. The summed E-state index contributed by atoms with van der Waals surface area (Å²) in [6.07, 6.45) is 1.79. The van der Waals surface area contributed by atoms with Crippen LogP contribution in [-0.4, -0.2) is 20.7 Å². The van der Waals surface area contributed by atoms with Gasteiger partial charge in [0.15, 0.2) is 5.58 Å². The van der Waals surface area contributed by atoms with E-state index in [1.54, 1.807) is 60.4 Å². The molecule has 0 fully saturated rings. The SMILES string of the molecule is Cn1ccc(COC(=O)c2ccc3nc(-c4cc(Cl)cc(Cl)c4)oc3c2)n1. The summed E-state index contributed by atoms with van der Waals surface area (Å²) in [6, 6.07) is 11.8. The van der Waals surface area contributed by atoms with E-state index in [0.29, 0.717) is 43.9 Å². The van der Waals surface area contributed by atoms with Crippen molar-refractivity contribution in [1.82, 2.24) is 14.8 Å². The molecule has 136 valence electrons. The van der Waals surface area contributed by atoms with Crippen LogP contribution in [0.5, 0.6) is 0 Å². The standard InChI is InChI=1S/C19H13Cl2N3O3/c1-24-5-4-15(23-24)10-26-19(25)11-2-3-16-17(8-11)27-18(22-16)12-6-13(20)9-14(21)7-12/h2-9H,10H2,1H3. The van der Waals surface area contributed by atoms with Crippen LogP contribution in [-0.2, 0) is 18.4 Å². The van der Waals surface area contributed by atoms with Crippen LogP contribution in [0.15, 0.2) is 53.1 Å². The molecule has 0 aliphatic rings. The summed E-state index contributed by atoms with van der Waals surface area (Å²) in [6.45, 7) is 0.0976. The van der Waals surface area contributed by atoms with Gasteiger partial charge in [0.05, 0.1) is 11.3 Å². The second-order valence-corrected chi connectivity index (χ2v) is 6.79. The van der Waals surface area contributed by atoms with E-state index < -0.39 is 5.97 Å². The van der Waals surface area contributed by atoms with Crippen LogP contribution in [0.4, 0.5) is 0 Å². The third kappa shape index (κ3) is 3.82. The number of halogens is 2. The van der Waals surface area contributed by atoms with Crippen LogP contribution >= 0.6 is 23.2 Å². The van der Waals surface area contributed by atoms with Crippen molar-refractivity contribution in [3.63, 3.8) is 0 Å². The molecule has 0 amide bonds. The predicted octanol–water partition coefficient (Wildman–Crippen LogP) is 4.89. The van der Waals surface area contributed by atoms with Gasteiger partial charge < -0.3 is 9.15 Å². The van der Waals surface area contributed by atoms with Crippen molar-refractivity contribution in [2.24, 2.45) is 7.05 Å². The second-order valence-electron chi connectivity index (χ2n) is 5.92. The molecule has 2 aromatic heterocycles. The van der Waals surface area contributed by atoms with E-state index >= 15 is 0 Å². The van der Waals surface area contributed by atoms with E-state index in [9.17, 15) is 4.79 Å². The van der Waals surface area contributed by atoms with E-state index in [1.807, 2.05) is 0 Å². The summed E-state index contributed by atoms with van der Waals surface area (Å²) >= 11 is 12.1. The topological polar surface area (TPSA) is 70.2 Å². The largest absolute Gasteiger partial charge is 0.456 e. The maximum atomic E-state index is 12.3. The van der Waals surface area contributed by atoms with E-state index in [1.165, 1.54) is 0 Å². The lowest BCUT2D eigenvalue weighted by Crippen LogP contribution is -2.05. The van der Waals surface area contributed by atoms with Gasteiger partial charge in [-0.1, -0.05) is 23.2 Å². The first-order valence-electron chi connectivity index (χ1n) is 8.01. The molecule has 4 rings (SSSR count). The third-order valence-electron chi connectivity index (χ3n) is 3.85. The van der Waals surface area contributed by atoms with Crippen LogP contribution in [0.1, 0.15) is 16.1 Å². The molecule has 0 saturated heterocycles. The zero-order chi connectivity index (χ0) is 19.0. The fourth-order valence-corrected chi connectivity index (χ4v) is 3.14. The van der Waals surface area contributed by atoms with E-state index in [2.05, 4.69) is 10.1 Å². The fraction of sp³-hybridized carbons (Fsp3) is 0.105. The van der Waals surface area contributed by atoms with Gasteiger partial charge in [-0.15, -0.1) is 0 Å². The number of hydrogen-bond donors (Lipinski definition) is 0. The molecule has 27 heavy (non-hydrogen) atoms. The lowest BCUT2D eigenvalue weighted by Gasteiger charge is -2.02. The van der Waals surface area contributed by atoms with Gasteiger partial charge in [0.2, 0.25) is 5.89 Å². The lowest BCUT2D eigenvalue weighted by molar-refractivity contribution is 0.0467. The number of aryl methyl sites for hydroxylation is 1. The molecule has 0 atom stereocenters. The maximum absolute atomic E-state index is 12.3. The smallest absolute Gasteiger partial charge is 0.338 e. The third-order valence-corrected chi connectivity index (χ3v) is 4.29. The zero-order valence-electron chi connectivity index (χ0n) is 14.1. The molecule has 0 aliphatic heterocycles. The van der Waals surface area contributed by atoms with Crippen molar-refractivity contribution in [2.45, 2.75) is 6.61 Å². The van der Waals surface area contributed by atoms with Gasteiger partial charge in [-0.25, -0.2) is 9.78 Å². The van der Waals surface area contributed by atoms with Crippen LogP contribution in [0.25, 0.3) is 22.6 Å². The molecule has 6 nitrogen and oxygen atoms in total. The minimum absolute atomic E-state index is 0.0976. The fourth-order valence-electron chi connectivity index (χ4n) is 2.62. The molecular formula is C19H13Cl2N3O3. The number of aromatic nitrogens is 3. The second kappa shape index (κ2) is 7.06. The quantitative estimate of drug-likeness (QED) is 0.455. The first-order valence-corrected chi connectivity index (χ1v) is 8.76. The number of fused-ring (bicyclic) bond motifs is 1. The van der Waals surface area contributed by atoms with Crippen molar-refractivity contribution in [3.8, 4) is 11.5 Å². The number of carbonyl (C=O) groups excluding carboxylic acids is 1. The van der Waals surface area contributed by atoms with Crippen LogP contribution in [0.2, 0.25) is 10.0 Å². The summed E-state index contributed by atoms with van der Waals surface area (Å²) in [5.41, 5.74) is 2.77. The molecule has 2 aromatic carbocycles. The van der Waals surface area contributed by atoms with Crippen molar-refractivity contribution < 1.29 is 13.9 Å². The first-order chi connectivity index (χ1) is 13.0. The molecular weight excluding hydrogens is 389 g/mol. The molecule has 0 bridgehead atoms. The highest BCUT2D eigenvalue weighted by Gasteiger charge is 2.14. The molecule has 2 heterocycles. The summed E-state index contributed by atoms with van der Waals surface area (Å²) in [7, 11) is 1.80. The average Bonchev–Trinajstić information content (AvgIpc) is 3.24. The first kappa shape index (κ1) is 17.6. The highest BCUT2D eigenvalue weighted by atomic mass is 35.5. The van der Waals surface area contributed by atoms with Crippen LogP contribution in [0, 0.1) is 0 Å². The number of carbonyl (C=O) groups is 1. The maximum Gasteiger partial charge on any atom is 0.338 e. The Balaban J connectivity index is 1.57. The predicted molar refractivity (Wildman–Crippen MR) is 102 cm³/mol. The molecule has 0 aliphatic carbocycles. The summed E-state index contributed by atoms with van der Waals surface area (Å²) in [5.74, 6) is -0.0975. The summed E-state index contributed by atoms with van der Waals surface area (Å²) in [4.78, 5) is 16.7. The summed E-state index contributed by atoms with van der Waals surface area (Å²) in [5, 5.41) is 5.14. The van der Waals surface area contributed by atoms with Crippen molar-refractivity contribution in [3.05, 3.63) is 70.0 Å². The van der Waals surface area contributed by atoms with Crippen molar-refractivity contribution in [2.75, 3.05) is 0 Å². The van der Waals surface area contributed by atoms with Crippen LogP contribution < -0.4 is 0 Å². The van der Waals surface area contributed by atoms with Crippen molar-refractivity contribution >= 4 is 40.3 Å². The lowest BCUT2D eigenvalue weighted by atomic mass is 10.2. The highest BCUT2D eigenvalue weighted by Crippen LogP contribution is 2.29. The molecule has 8 heteroatoms. The van der Waals surface area contributed by atoms with Crippen molar-refractivity contribution in [1.29, 1.82) is 0 Å². The number of hydrogen-bond acceptors (Lipinski definition) is 5. The molecule has 0 N–H and O–H groups in total. The van der Waals surface area contributed by atoms with Gasteiger partial charge in [-0.2, -0.15) is 5.10 Å². The number of oxazole rings is 1. The zero-order valence-corrected chi connectivity index (χ0v) is 15.7. The van der Waals surface area contributed by atoms with Gasteiger partial charge in [0.1, 0.15) is 12.1 Å². The molecule has 0 saturated carbocycles. The molecule has 4 aromatic rings. The van der Waals surface area contributed by atoms with E-state index in [4.69, 9.17) is 32.4 Å². The number of esters is 1. The van der Waals surface area contributed by atoms with Gasteiger partial charge in [-0.05, 0) is 42.5 Å². The average molecular weight is 402 g/mol. The Hall–Kier alpha value is -2.83. The van der Waals surface area contributed by atoms with Gasteiger partial charge in [-0.3, -0.25) is 4.68 Å². The van der Waals surface area contributed by atoms with Gasteiger partial charge >= 0.3 is 5.97 Å². The Labute approximate surface area is 164 Å². The van der Waals surface area contributed by atoms with Gasteiger partial charge in [0, 0.05) is 28.9 Å².